The van der Waals surface area contributed by atoms with E-state index in [1.807, 2.05) is 24.3 Å². The van der Waals surface area contributed by atoms with E-state index >= 15 is 0 Å². The minimum Gasteiger partial charge on any atom is -0.355 e. The first kappa shape index (κ1) is 25.2. The van der Waals surface area contributed by atoms with Crippen molar-refractivity contribution in [3.05, 3.63) is 29.8 Å². The second kappa shape index (κ2) is 11.0. The molecule has 0 saturated carbocycles. The molecular formula is C21H36IN5O2S. The maximum atomic E-state index is 12.8. The summed E-state index contributed by atoms with van der Waals surface area (Å²) in [6.45, 7) is 8.37. The standard InChI is InChI=1S/C21H35N5O2S.HI/c1-21(2,25-13-7-4-8-14-25)17-24-20(22-3)23-12-16-29(27,28)26-15-11-18-9-5-6-10-19(18)26;/h5-6,9-10H,4,7-8,11-17H2,1-3H3,(H2,22,23,24);1H. The van der Waals surface area contributed by atoms with Gasteiger partial charge in [-0.25, -0.2) is 8.42 Å². The molecule has 0 spiro atoms. The zero-order valence-corrected chi connectivity index (χ0v) is 21.5. The number of aliphatic imine (C=N–C) groups is 1. The third kappa shape index (κ3) is 6.23. The molecule has 1 fully saturated rings. The molecule has 0 radical (unpaired) electrons. The van der Waals surface area contributed by atoms with E-state index in [4.69, 9.17) is 0 Å². The molecule has 1 saturated heterocycles. The van der Waals surface area contributed by atoms with E-state index in [1.165, 1.54) is 19.3 Å². The van der Waals surface area contributed by atoms with Crippen molar-refractivity contribution in [1.29, 1.82) is 0 Å². The van der Waals surface area contributed by atoms with Crippen molar-refractivity contribution < 1.29 is 8.42 Å². The van der Waals surface area contributed by atoms with Crippen LogP contribution < -0.4 is 14.9 Å². The highest BCUT2D eigenvalue weighted by molar-refractivity contribution is 14.0. The number of fused-ring (bicyclic) bond motifs is 1. The number of para-hydroxylation sites is 1. The van der Waals surface area contributed by atoms with Crippen LogP contribution in [0.2, 0.25) is 0 Å². The number of benzene rings is 1. The molecule has 2 aliphatic heterocycles. The highest BCUT2D eigenvalue weighted by atomic mass is 127. The van der Waals surface area contributed by atoms with Crippen LogP contribution in [0.5, 0.6) is 0 Å². The van der Waals surface area contributed by atoms with Crippen molar-refractivity contribution in [3.63, 3.8) is 0 Å². The van der Waals surface area contributed by atoms with Crippen LogP contribution in [0.25, 0.3) is 0 Å². The summed E-state index contributed by atoms with van der Waals surface area (Å²) >= 11 is 0. The second-order valence-corrected chi connectivity index (χ2v) is 10.5. The molecule has 0 aromatic heterocycles. The summed E-state index contributed by atoms with van der Waals surface area (Å²) in [5, 5.41) is 6.53. The predicted molar refractivity (Wildman–Crippen MR) is 136 cm³/mol. The van der Waals surface area contributed by atoms with Crippen LogP contribution >= 0.6 is 24.0 Å². The summed E-state index contributed by atoms with van der Waals surface area (Å²) < 4.78 is 27.2. The summed E-state index contributed by atoms with van der Waals surface area (Å²) in [5.74, 6) is 0.685. The average molecular weight is 550 g/mol. The van der Waals surface area contributed by atoms with E-state index in [1.54, 1.807) is 11.4 Å². The van der Waals surface area contributed by atoms with Gasteiger partial charge in [-0.2, -0.15) is 0 Å². The van der Waals surface area contributed by atoms with Gasteiger partial charge in [-0.05, 0) is 57.8 Å². The Labute approximate surface area is 198 Å². The minimum absolute atomic E-state index is 0. The van der Waals surface area contributed by atoms with Crippen molar-refractivity contribution in [1.82, 2.24) is 15.5 Å². The molecule has 1 aromatic carbocycles. The van der Waals surface area contributed by atoms with Crippen molar-refractivity contribution in [2.24, 2.45) is 4.99 Å². The molecule has 1 aromatic rings. The Kier molecular flexibility index (Phi) is 9.23. The summed E-state index contributed by atoms with van der Waals surface area (Å²) in [7, 11) is -1.64. The molecule has 2 N–H and O–H groups in total. The van der Waals surface area contributed by atoms with Gasteiger partial charge in [-0.15, -0.1) is 24.0 Å². The number of nitrogens with one attached hydrogen (secondary N) is 2. The average Bonchev–Trinajstić information content (AvgIpc) is 3.16. The SMILES string of the molecule is CN=C(NCCS(=O)(=O)N1CCc2ccccc21)NCC(C)(C)N1CCCCC1.I. The Morgan fingerprint density at radius 1 is 1.10 bits per heavy atom. The van der Waals surface area contributed by atoms with Gasteiger partial charge in [0.15, 0.2) is 5.96 Å². The smallest absolute Gasteiger partial charge is 0.236 e. The van der Waals surface area contributed by atoms with E-state index in [-0.39, 0.29) is 35.3 Å². The third-order valence-electron chi connectivity index (χ3n) is 5.96. The lowest BCUT2D eigenvalue weighted by Crippen LogP contribution is -2.55. The van der Waals surface area contributed by atoms with Gasteiger partial charge in [-0.3, -0.25) is 14.2 Å². The van der Waals surface area contributed by atoms with Crippen LogP contribution in [0.1, 0.15) is 38.7 Å². The normalized spacial score (nSPS) is 18.0. The van der Waals surface area contributed by atoms with Crippen molar-refractivity contribution in [2.45, 2.75) is 45.1 Å². The molecule has 0 atom stereocenters. The number of guanidine groups is 1. The fourth-order valence-corrected chi connectivity index (χ4v) is 5.56. The summed E-state index contributed by atoms with van der Waals surface area (Å²) in [6.07, 6.45) is 4.61. The maximum absolute atomic E-state index is 12.8. The summed E-state index contributed by atoms with van der Waals surface area (Å²) in [4.78, 5) is 6.78. The lowest BCUT2D eigenvalue weighted by Gasteiger charge is -2.41. The number of sulfonamides is 1. The van der Waals surface area contributed by atoms with Gasteiger partial charge < -0.3 is 10.6 Å². The molecule has 9 heteroatoms. The monoisotopic (exact) mass is 549 g/mol. The third-order valence-corrected chi connectivity index (χ3v) is 7.73. The maximum Gasteiger partial charge on any atom is 0.236 e. The van der Waals surface area contributed by atoms with Gasteiger partial charge in [0, 0.05) is 32.2 Å². The van der Waals surface area contributed by atoms with Gasteiger partial charge in [0.2, 0.25) is 10.0 Å². The number of likely N-dealkylation sites (tertiary alicyclic amines) is 1. The van der Waals surface area contributed by atoms with Crippen LogP contribution in [0.4, 0.5) is 5.69 Å². The van der Waals surface area contributed by atoms with Gasteiger partial charge >= 0.3 is 0 Å². The molecule has 30 heavy (non-hydrogen) atoms. The molecule has 0 unspecified atom stereocenters. The Morgan fingerprint density at radius 3 is 2.50 bits per heavy atom. The van der Waals surface area contributed by atoms with Crippen LogP contribution in [0.15, 0.2) is 29.3 Å². The lowest BCUT2D eigenvalue weighted by atomic mass is 9.98. The van der Waals surface area contributed by atoms with E-state index < -0.39 is 10.0 Å². The Morgan fingerprint density at radius 2 is 1.80 bits per heavy atom. The number of nitrogens with zero attached hydrogens (tertiary/aromatic N) is 3. The minimum atomic E-state index is -3.36. The van der Waals surface area contributed by atoms with Gasteiger partial charge in [0.1, 0.15) is 0 Å². The topological polar surface area (TPSA) is 77.0 Å². The Hall–Kier alpha value is -1.07. The van der Waals surface area contributed by atoms with Crippen LogP contribution in [0, 0.1) is 0 Å². The first-order valence-corrected chi connectivity index (χ1v) is 12.2. The van der Waals surface area contributed by atoms with Crippen LogP contribution in [-0.2, 0) is 16.4 Å². The number of halogens is 1. The number of hydrogen-bond donors (Lipinski definition) is 2. The highest BCUT2D eigenvalue weighted by Crippen LogP contribution is 2.29. The van der Waals surface area contributed by atoms with E-state index in [0.717, 1.165) is 37.3 Å². The number of hydrogen-bond acceptors (Lipinski definition) is 4. The Bertz CT molecular complexity index is 822. The summed E-state index contributed by atoms with van der Waals surface area (Å²) in [6, 6.07) is 7.73. The molecule has 7 nitrogen and oxygen atoms in total. The molecule has 2 heterocycles. The quantitative estimate of drug-likeness (QED) is 0.311. The zero-order chi connectivity index (χ0) is 20.9. The van der Waals surface area contributed by atoms with Crippen LogP contribution in [0.3, 0.4) is 0 Å². The van der Waals surface area contributed by atoms with Gasteiger partial charge in [-0.1, -0.05) is 24.6 Å². The van der Waals surface area contributed by atoms with Crippen molar-refractivity contribution >= 4 is 45.6 Å². The number of rotatable bonds is 7. The molecule has 170 valence electrons. The largest absolute Gasteiger partial charge is 0.355 e. The van der Waals surface area contributed by atoms with E-state index in [9.17, 15) is 8.42 Å². The molecule has 0 amide bonds. The number of anilines is 1. The first-order valence-electron chi connectivity index (χ1n) is 10.6. The van der Waals surface area contributed by atoms with E-state index in [2.05, 4.69) is 34.4 Å². The molecular weight excluding hydrogens is 513 g/mol. The Balaban J connectivity index is 0.00000320. The van der Waals surface area contributed by atoms with E-state index in [0.29, 0.717) is 19.0 Å². The van der Waals surface area contributed by atoms with Gasteiger partial charge in [0.25, 0.3) is 0 Å². The van der Waals surface area contributed by atoms with Gasteiger partial charge in [0.05, 0.1) is 11.4 Å². The van der Waals surface area contributed by atoms with Crippen molar-refractivity contribution in [2.75, 3.05) is 49.8 Å². The first-order chi connectivity index (χ1) is 13.8. The highest BCUT2D eigenvalue weighted by Gasteiger charge is 2.29. The molecule has 0 bridgehead atoms. The van der Waals surface area contributed by atoms with Crippen LogP contribution in [-0.4, -0.2) is 70.3 Å². The lowest BCUT2D eigenvalue weighted by molar-refractivity contribution is 0.0982. The second-order valence-electron chi connectivity index (χ2n) is 8.48. The fraction of sp³-hybridized carbons (Fsp3) is 0.667. The fourth-order valence-electron chi connectivity index (χ4n) is 4.14. The molecule has 2 aliphatic rings. The number of piperidine rings is 1. The van der Waals surface area contributed by atoms with Crippen molar-refractivity contribution in [3.8, 4) is 0 Å². The molecule has 3 rings (SSSR count). The zero-order valence-electron chi connectivity index (χ0n) is 18.4. The summed E-state index contributed by atoms with van der Waals surface area (Å²) in [5.41, 5.74) is 1.95. The predicted octanol–water partition coefficient (Wildman–Crippen LogP) is 2.43. The molecule has 0 aliphatic carbocycles.